The topological polar surface area (TPSA) is 73.3 Å². The molecule has 2 aromatic carbocycles. The quantitative estimate of drug-likeness (QED) is 0.318. The Balaban J connectivity index is 1.98. The lowest BCUT2D eigenvalue weighted by molar-refractivity contribution is -0.114. The SMILES string of the molecule is CCOCCOc1cc2ncnc(Nc3ccc(F)c(Cl)c3)c2cc1CC(=O)/C=C\Cl. The van der Waals surface area contributed by atoms with Crippen molar-refractivity contribution in [3.05, 3.63) is 64.7 Å². The third kappa shape index (κ3) is 6.13. The molecule has 0 radical (unpaired) electrons. The van der Waals surface area contributed by atoms with Gasteiger partial charge in [0.15, 0.2) is 5.78 Å². The average Bonchev–Trinajstić information content (AvgIpc) is 2.74. The molecule has 0 saturated carbocycles. The van der Waals surface area contributed by atoms with E-state index >= 15 is 0 Å². The molecule has 1 heterocycles. The zero-order chi connectivity index (χ0) is 22.2. The molecule has 3 aromatic rings. The first kappa shape index (κ1) is 22.9. The Morgan fingerprint density at radius 1 is 1.23 bits per heavy atom. The van der Waals surface area contributed by atoms with E-state index in [1.54, 1.807) is 18.2 Å². The maximum atomic E-state index is 13.5. The van der Waals surface area contributed by atoms with Crippen LogP contribution >= 0.6 is 23.2 Å². The van der Waals surface area contributed by atoms with Gasteiger partial charge in [-0.05, 0) is 37.3 Å². The summed E-state index contributed by atoms with van der Waals surface area (Å²) in [5, 5.41) is 3.77. The summed E-state index contributed by atoms with van der Waals surface area (Å²) >= 11 is 11.4. The van der Waals surface area contributed by atoms with Crippen LogP contribution in [0, 0.1) is 5.82 Å². The van der Waals surface area contributed by atoms with Crippen LogP contribution in [0.4, 0.5) is 15.9 Å². The van der Waals surface area contributed by atoms with Gasteiger partial charge in [-0.15, -0.1) is 0 Å². The average molecular weight is 464 g/mol. The molecule has 9 heteroatoms. The van der Waals surface area contributed by atoms with Gasteiger partial charge in [0, 0.05) is 41.3 Å². The lowest BCUT2D eigenvalue weighted by atomic mass is 10.0. The van der Waals surface area contributed by atoms with Gasteiger partial charge in [0.2, 0.25) is 0 Å². The Hall–Kier alpha value is -2.74. The highest BCUT2D eigenvalue weighted by molar-refractivity contribution is 6.31. The van der Waals surface area contributed by atoms with Crippen molar-refractivity contribution in [1.29, 1.82) is 0 Å². The Bertz CT molecular complexity index is 1110. The lowest BCUT2D eigenvalue weighted by Gasteiger charge is -2.14. The van der Waals surface area contributed by atoms with Crippen LogP contribution in [-0.2, 0) is 16.0 Å². The van der Waals surface area contributed by atoms with E-state index in [-0.39, 0.29) is 17.2 Å². The molecule has 1 aromatic heterocycles. The van der Waals surface area contributed by atoms with Crippen LogP contribution in [0.1, 0.15) is 12.5 Å². The third-order valence-electron chi connectivity index (χ3n) is 4.30. The summed E-state index contributed by atoms with van der Waals surface area (Å²) in [5.41, 5.74) is 3.00. The largest absolute Gasteiger partial charge is 0.491 e. The van der Waals surface area contributed by atoms with Crippen LogP contribution in [0.5, 0.6) is 5.75 Å². The zero-order valence-corrected chi connectivity index (χ0v) is 18.2. The van der Waals surface area contributed by atoms with Gasteiger partial charge in [0.25, 0.3) is 0 Å². The van der Waals surface area contributed by atoms with Crippen LogP contribution < -0.4 is 10.1 Å². The molecular formula is C22H20Cl2FN3O3. The number of nitrogens with one attached hydrogen (secondary N) is 1. The molecule has 1 N–H and O–H groups in total. The monoisotopic (exact) mass is 463 g/mol. The van der Waals surface area contributed by atoms with Crippen molar-refractivity contribution < 1.29 is 18.7 Å². The number of benzene rings is 2. The standard InChI is InChI=1S/C22H20Cl2FN3O3/c1-2-30-7-8-31-21-12-20-17(10-14(21)9-16(29)5-6-23)22(27-13-26-20)28-15-3-4-19(25)18(24)11-15/h3-6,10-13H,2,7-9H2,1H3,(H,26,27,28)/b6-5-. The number of hydrogen-bond acceptors (Lipinski definition) is 6. The second kappa shape index (κ2) is 11.0. The minimum absolute atomic E-state index is 0.00695. The smallest absolute Gasteiger partial charge is 0.161 e. The Labute approximate surface area is 189 Å². The number of hydrogen-bond donors (Lipinski definition) is 1. The molecule has 0 aliphatic rings. The number of ketones is 1. The van der Waals surface area contributed by atoms with Gasteiger partial charge in [0.05, 0.1) is 17.1 Å². The lowest BCUT2D eigenvalue weighted by Crippen LogP contribution is -2.09. The summed E-state index contributed by atoms with van der Waals surface area (Å²) in [7, 11) is 0. The Morgan fingerprint density at radius 3 is 2.81 bits per heavy atom. The molecule has 162 valence electrons. The summed E-state index contributed by atoms with van der Waals surface area (Å²) in [4.78, 5) is 20.8. The van der Waals surface area contributed by atoms with Crippen molar-refractivity contribution in [3.8, 4) is 5.75 Å². The van der Waals surface area contributed by atoms with Gasteiger partial charge < -0.3 is 14.8 Å². The molecule has 0 amide bonds. The molecule has 0 spiro atoms. The third-order valence-corrected chi connectivity index (χ3v) is 4.72. The summed E-state index contributed by atoms with van der Waals surface area (Å²) in [6.45, 7) is 3.24. The highest BCUT2D eigenvalue weighted by Gasteiger charge is 2.14. The van der Waals surface area contributed by atoms with Gasteiger partial charge in [-0.3, -0.25) is 4.79 Å². The number of anilines is 2. The first-order valence-electron chi connectivity index (χ1n) is 9.51. The van der Waals surface area contributed by atoms with E-state index in [4.69, 9.17) is 32.7 Å². The van der Waals surface area contributed by atoms with Crippen molar-refractivity contribution in [2.24, 2.45) is 0 Å². The summed E-state index contributed by atoms with van der Waals surface area (Å²) in [6.07, 6.45) is 2.78. The number of carbonyl (C=O) groups is 1. The molecule has 0 unspecified atom stereocenters. The van der Waals surface area contributed by atoms with Gasteiger partial charge >= 0.3 is 0 Å². The van der Waals surface area contributed by atoms with Crippen molar-refractivity contribution in [2.75, 3.05) is 25.1 Å². The molecule has 31 heavy (non-hydrogen) atoms. The van der Waals surface area contributed by atoms with E-state index in [1.807, 2.05) is 6.92 Å². The van der Waals surface area contributed by atoms with E-state index in [2.05, 4.69) is 15.3 Å². The van der Waals surface area contributed by atoms with Crippen LogP contribution in [0.25, 0.3) is 10.9 Å². The van der Waals surface area contributed by atoms with Crippen LogP contribution in [0.15, 0.2) is 48.3 Å². The van der Waals surface area contributed by atoms with E-state index in [9.17, 15) is 9.18 Å². The Morgan fingerprint density at radius 2 is 2.06 bits per heavy atom. The fraction of sp³-hybridized carbons (Fsp3) is 0.227. The molecule has 0 aliphatic heterocycles. The number of carbonyl (C=O) groups excluding carboxylic acids is 1. The van der Waals surface area contributed by atoms with Gasteiger partial charge in [-0.25, -0.2) is 14.4 Å². The predicted octanol–water partition coefficient (Wildman–Crippen LogP) is 5.45. The predicted molar refractivity (Wildman–Crippen MR) is 120 cm³/mol. The van der Waals surface area contributed by atoms with Gasteiger partial charge in [-0.1, -0.05) is 23.2 Å². The molecule has 0 aliphatic carbocycles. The van der Waals surface area contributed by atoms with Crippen LogP contribution in [0.2, 0.25) is 5.02 Å². The molecule has 0 atom stereocenters. The number of fused-ring (bicyclic) bond motifs is 1. The second-order valence-corrected chi connectivity index (χ2v) is 7.09. The number of nitrogens with zero attached hydrogens (tertiary/aromatic N) is 2. The summed E-state index contributed by atoms with van der Waals surface area (Å²) in [5.74, 6) is 0.315. The van der Waals surface area contributed by atoms with Crippen LogP contribution in [0.3, 0.4) is 0 Å². The number of allylic oxidation sites excluding steroid dienone is 1. The Kier molecular flexibility index (Phi) is 8.17. The number of ether oxygens (including phenoxy) is 2. The molecular weight excluding hydrogens is 444 g/mol. The highest BCUT2D eigenvalue weighted by atomic mass is 35.5. The maximum absolute atomic E-state index is 13.5. The normalized spacial score (nSPS) is 11.2. The number of halogens is 3. The molecule has 3 rings (SSSR count). The molecule has 0 bridgehead atoms. The highest BCUT2D eigenvalue weighted by Crippen LogP contribution is 2.31. The minimum Gasteiger partial charge on any atom is -0.491 e. The van der Waals surface area contributed by atoms with E-state index in [1.165, 1.54) is 30.1 Å². The van der Waals surface area contributed by atoms with E-state index in [0.29, 0.717) is 53.5 Å². The van der Waals surface area contributed by atoms with E-state index < -0.39 is 5.82 Å². The molecule has 0 fully saturated rings. The van der Waals surface area contributed by atoms with Crippen molar-refractivity contribution in [1.82, 2.24) is 9.97 Å². The number of aromatic nitrogens is 2. The number of rotatable bonds is 10. The first-order valence-corrected chi connectivity index (χ1v) is 10.3. The van der Waals surface area contributed by atoms with E-state index in [0.717, 1.165) is 0 Å². The van der Waals surface area contributed by atoms with Crippen LogP contribution in [-0.4, -0.2) is 35.6 Å². The van der Waals surface area contributed by atoms with Crippen molar-refractivity contribution in [2.45, 2.75) is 13.3 Å². The molecule has 6 nitrogen and oxygen atoms in total. The maximum Gasteiger partial charge on any atom is 0.161 e. The summed E-state index contributed by atoms with van der Waals surface area (Å²) in [6, 6.07) is 7.82. The van der Waals surface area contributed by atoms with Gasteiger partial charge in [-0.2, -0.15) is 0 Å². The van der Waals surface area contributed by atoms with Gasteiger partial charge in [0.1, 0.15) is 30.3 Å². The fourth-order valence-corrected chi connectivity index (χ4v) is 3.20. The van der Waals surface area contributed by atoms with Crippen molar-refractivity contribution >= 4 is 51.4 Å². The minimum atomic E-state index is -0.512. The zero-order valence-electron chi connectivity index (χ0n) is 16.7. The summed E-state index contributed by atoms with van der Waals surface area (Å²) < 4.78 is 24.6. The first-order chi connectivity index (χ1) is 15.0. The molecule has 0 saturated heterocycles. The fourth-order valence-electron chi connectivity index (χ4n) is 2.88. The second-order valence-electron chi connectivity index (χ2n) is 6.43. The van der Waals surface area contributed by atoms with Crippen molar-refractivity contribution in [3.63, 3.8) is 0 Å².